The summed E-state index contributed by atoms with van der Waals surface area (Å²) in [5.41, 5.74) is 6.77. The van der Waals surface area contributed by atoms with E-state index < -0.39 is 10.0 Å². The molecule has 0 spiro atoms. The Morgan fingerprint density at radius 1 is 1.17 bits per heavy atom. The number of benzene rings is 1. The van der Waals surface area contributed by atoms with Gasteiger partial charge in [-0.25, -0.2) is 8.42 Å². The molecule has 102 valence electrons. The molecule has 0 radical (unpaired) electrons. The van der Waals surface area contributed by atoms with Crippen molar-refractivity contribution < 1.29 is 8.42 Å². The van der Waals surface area contributed by atoms with Gasteiger partial charge < -0.3 is 5.73 Å². The maximum Gasteiger partial charge on any atom is 0.243 e. The summed E-state index contributed by atoms with van der Waals surface area (Å²) in [6.45, 7) is 6.58. The van der Waals surface area contributed by atoms with Gasteiger partial charge in [-0.15, -0.1) is 0 Å². The van der Waals surface area contributed by atoms with Crippen LogP contribution in [0, 0.1) is 0 Å². The Balaban J connectivity index is 2.97. The summed E-state index contributed by atoms with van der Waals surface area (Å²) < 4.78 is 25.9. The number of hydrogen-bond donors (Lipinski definition) is 1. The van der Waals surface area contributed by atoms with Gasteiger partial charge in [0.2, 0.25) is 10.0 Å². The molecule has 1 rings (SSSR count). The molecule has 0 saturated carbocycles. The molecule has 0 saturated heterocycles. The minimum absolute atomic E-state index is 0.0789. The van der Waals surface area contributed by atoms with Gasteiger partial charge in [0, 0.05) is 19.1 Å². The lowest BCUT2D eigenvalue weighted by molar-refractivity contribution is 0.445. The standard InChI is InChI=1S/C13H22N2O2S/c1-4-15(5-2)18(16,17)13-8-6-12(7-9-13)10-11(3)14/h6-9,11H,4-5,10,14H2,1-3H3. The Morgan fingerprint density at radius 2 is 1.67 bits per heavy atom. The average molecular weight is 270 g/mol. The van der Waals surface area contributed by atoms with Crippen LogP contribution in [0.3, 0.4) is 0 Å². The first-order valence-electron chi connectivity index (χ1n) is 6.26. The summed E-state index contributed by atoms with van der Waals surface area (Å²) >= 11 is 0. The third-order valence-corrected chi connectivity index (χ3v) is 4.89. The molecule has 0 aliphatic rings. The van der Waals surface area contributed by atoms with E-state index in [-0.39, 0.29) is 6.04 Å². The van der Waals surface area contributed by atoms with E-state index in [9.17, 15) is 8.42 Å². The molecule has 0 heterocycles. The van der Waals surface area contributed by atoms with Crippen molar-refractivity contribution in [2.45, 2.75) is 38.1 Å². The minimum atomic E-state index is -3.34. The lowest BCUT2D eigenvalue weighted by Crippen LogP contribution is -2.30. The van der Waals surface area contributed by atoms with Crippen LogP contribution in [-0.4, -0.2) is 31.9 Å². The second kappa shape index (κ2) is 6.31. The Hall–Kier alpha value is -0.910. The smallest absolute Gasteiger partial charge is 0.243 e. The summed E-state index contributed by atoms with van der Waals surface area (Å²) in [5, 5.41) is 0. The third kappa shape index (κ3) is 3.54. The van der Waals surface area contributed by atoms with Crippen LogP contribution in [0.5, 0.6) is 0 Å². The zero-order valence-electron chi connectivity index (χ0n) is 11.3. The molecule has 0 aromatic heterocycles. The van der Waals surface area contributed by atoms with Crippen LogP contribution in [-0.2, 0) is 16.4 Å². The molecule has 1 aromatic rings. The fourth-order valence-electron chi connectivity index (χ4n) is 1.88. The van der Waals surface area contributed by atoms with Crippen LogP contribution in [0.1, 0.15) is 26.3 Å². The second-order valence-electron chi connectivity index (χ2n) is 4.41. The predicted molar refractivity (Wildman–Crippen MR) is 73.9 cm³/mol. The maximum absolute atomic E-state index is 12.2. The summed E-state index contributed by atoms with van der Waals surface area (Å²) in [7, 11) is -3.34. The highest BCUT2D eigenvalue weighted by atomic mass is 32.2. The molecule has 0 amide bonds. The van der Waals surface area contributed by atoms with E-state index in [1.54, 1.807) is 12.1 Å². The molecule has 2 N–H and O–H groups in total. The maximum atomic E-state index is 12.2. The highest BCUT2D eigenvalue weighted by Gasteiger charge is 2.21. The summed E-state index contributed by atoms with van der Waals surface area (Å²) in [4.78, 5) is 0.347. The highest BCUT2D eigenvalue weighted by Crippen LogP contribution is 2.16. The fraction of sp³-hybridized carbons (Fsp3) is 0.538. The lowest BCUT2D eigenvalue weighted by Gasteiger charge is -2.18. The lowest BCUT2D eigenvalue weighted by atomic mass is 10.1. The Labute approximate surface area is 110 Å². The normalized spacial score (nSPS) is 13.8. The van der Waals surface area contributed by atoms with Gasteiger partial charge in [-0.05, 0) is 31.0 Å². The van der Waals surface area contributed by atoms with Gasteiger partial charge in [0.1, 0.15) is 0 Å². The zero-order valence-corrected chi connectivity index (χ0v) is 12.1. The van der Waals surface area contributed by atoms with Gasteiger partial charge in [-0.1, -0.05) is 26.0 Å². The summed E-state index contributed by atoms with van der Waals surface area (Å²) in [5.74, 6) is 0. The van der Waals surface area contributed by atoms with Gasteiger partial charge in [0.25, 0.3) is 0 Å². The van der Waals surface area contributed by atoms with Crippen molar-refractivity contribution in [3.63, 3.8) is 0 Å². The van der Waals surface area contributed by atoms with Crippen LogP contribution < -0.4 is 5.73 Å². The fourth-order valence-corrected chi connectivity index (χ4v) is 3.34. The molecule has 0 bridgehead atoms. The van der Waals surface area contributed by atoms with Gasteiger partial charge in [0.15, 0.2) is 0 Å². The predicted octanol–water partition coefficient (Wildman–Crippen LogP) is 1.61. The molecule has 1 unspecified atom stereocenters. The van der Waals surface area contributed by atoms with Crippen molar-refractivity contribution in [2.75, 3.05) is 13.1 Å². The summed E-state index contributed by atoms with van der Waals surface area (Å²) in [6.07, 6.45) is 0.756. The second-order valence-corrected chi connectivity index (χ2v) is 6.35. The van der Waals surface area contributed by atoms with Gasteiger partial charge in [-0.2, -0.15) is 4.31 Å². The van der Waals surface area contributed by atoms with Crippen molar-refractivity contribution in [2.24, 2.45) is 5.73 Å². The number of rotatable bonds is 6. The quantitative estimate of drug-likeness (QED) is 0.854. The van der Waals surface area contributed by atoms with E-state index in [0.717, 1.165) is 12.0 Å². The Morgan fingerprint density at radius 3 is 2.06 bits per heavy atom. The van der Waals surface area contributed by atoms with Crippen LogP contribution in [0.4, 0.5) is 0 Å². The molecule has 0 aliphatic carbocycles. The van der Waals surface area contributed by atoms with E-state index in [0.29, 0.717) is 18.0 Å². The van der Waals surface area contributed by atoms with E-state index in [1.165, 1.54) is 4.31 Å². The molecule has 1 atom stereocenters. The van der Waals surface area contributed by atoms with E-state index >= 15 is 0 Å². The number of sulfonamides is 1. The Bertz CT molecular complexity index is 462. The molecule has 18 heavy (non-hydrogen) atoms. The molecular formula is C13H22N2O2S. The topological polar surface area (TPSA) is 63.4 Å². The van der Waals surface area contributed by atoms with Gasteiger partial charge in [-0.3, -0.25) is 0 Å². The summed E-state index contributed by atoms with van der Waals surface area (Å²) in [6, 6.07) is 7.06. The zero-order chi connectivity index (χ0) is 13.8. The molecule has 5 heteroatoms. The number of hydrogen-bond acceptors (Lipinski definition) is 3. The Kier molecular flexibility index (Phi) is 5.31. The molecule has 4 nitrogen and oxygen atoms in total. The van der Waals surface area contributed by atoms with Crippen molar-refractivity contribution >= 4 is 10.0 Å². The third-order valence-electron chi connectivity index (χ3n) is 2.82. The van der Waals surface area contributed by atoms with Crippen molar-refractivity contribution in [3.05, 3.63) is 29.8 Å². The average Bonchev–Trinajstić information content (AvgIpc) is 2.30. The minimum Gasteiger partial charge on any atom is -0.328 e. The monoisotopic (exact) mass is 270 g/mol. The highest BCUT2D eigenvalue weighted by molar-refractivity contribution is 7.89. The first-order valence-corrected chi connectivity index (χ1v) is 7.70. The largest absolute Gasteiger partial charge is 0.328 e. The molecule has 0 fully saturated rings. The van der Waals surface area contributed by atoms with Gasteiger partial charge in [0.05, 0.1) is 4.90 Å². The van der Waals surface area contributed by atoms with Crippen molar-refractivity contribution in [1.82, 2.24) is 4.31 Å². The molecule has 0 aliphatic heterocycles. The van der Waals surface area contributed by atoms with E-state index in [4.69, 9.17) is 5.73 Å². The van der Waals surface area contributed by atoms with Gasteiger partial charge >= 0.3 is 0 Å². The molecule has 1 aromatic carbocycles. The first-order chi connectivity index (χ1) is 8.41. The van der Waals surface area contributed by atoms with E-state index in [2.05, 4.69) is 0 Å². The molecular weight excluding hydrogens is 248 g/mol. The van der Waals surface area contributed by atoms with Crippen molar-refractivity contribution in [1.29, 1.82) is 0 Å². The van der Waals surface area contributed by atoms with Crippen LogP contribution >= 0.6 is 0 Å². The van der Waals surface area contributed by atoms with Crippen LogP contribution in [0.2, 0.25) is 0 Å². The first kappa shape index (κ1) is 15.1. The number of nitrogens with zero attached hydrogens (tertiary/aromatic N) is 1. The van der Waals surface area contributed by atoms with Crippen LogP contribution in [0.15, 0.2) is 29.2 Å². The van der Waals surface area contributed by atoms with E-state index in [1.807, 2.05) is 32.9 Å². The van der Waals surface area contributed by atoms with Crippen molar-refractivity contribution in [3.8, 4) is 0 Å². The van der Waals surface area contributed by atoms with Crippen LogP contribution in [0.25, 0.3) is 0 Å². The number of nitrogens with two attached hydrogens (primary N) is 1. The SMILES string of the molecule is CCN(CC)S(=O)(=O)c1ccc(CC(C)N)cc1.